The van der Waals surface area contributed by atoms with Crippen LogP contribution in [0, 0.1) is 11.8 Å². The first kappa shape index (κ1) is 14.1. The van der Waals surface area contributed by atoms with Crippen molar-refractivity contribution in [2.75, 3.05) is 13.2 Å². The van der Waals surface area contributed by atoms with Crippen LogP contribution in [0.25, 0.3) is 0 Å². The molecule has 0 amide bonds. The third kappa shape index (κ3) is 2.91. The van der Waals surface area contributed by atoms with Crippen molar-refractivity contribution in [1.82, 2.24) is 5.32 Å². The van der Waals surface area contributed by atoms with Crippen LogP contribution in [-0.4, -0.2) is 25.3 Å². The predicted octanol–water partition coefficient (Wildman–Crippen LogP) is 3.58. The van der Waals surface area contributed by atoms with Crippen LogP contribution in [0.15, 0.2) is 30.3 Å². The predicted molar refractivity (Wildman–Crippen MR) is 82.9 cm³/mol. The van der Waals surface area contributed by atoms with E-state index in [4.69, 9.17) is 4.74 Å². The summed E-state index contributed by atoms with van der Waals surface area (Å²) in [6.45, 7) is 6.57. The molecule has 1 aromatic rings. The zero-order chi connectivity index (χ0) is 13.9. The summed E-state index contributed by atoms with van der Waals surface area (Å²) in [7, 11) is 0. The fourth-order valence-corrected chi connectivity index (χ4v) is 3.85. The fraction of sp³-hybridized carbons (Fsp3) is 0.667. The lowest BCUT2D eigenvalue weighted by atomic mass is 9.88. The Morgan fingerprint density at radius 2 is 2.05 bits per heavy atom. The summed E-state index contributed by atoms with van der Waals surface area (Å²) < 4.78 is 5.81. The molecule has 0 spiro atoms. The Morgan fingerprint density at radius 1 is 1.25 bits per heavy atom. The van der Waals surface area contributed by atoms with Gasteiger partial charge in [0.1, 0.15) is 0 Å². The highest BCUT2D eigenvalue weighted by atomic mass is 16.5. The van der Waals surface area contributed by atoms with E-state index in [0.717, 1.165) is 25.0 Å². The maximum atomic E-state index is 5.81. The fourth-order valence-electron chi connectivity index (χ4n) is 3.85. The van der Waals surface area contributed by atoms with Gasteiger partial charge in [-0.25, -0.2) is 0 Å². The minimum Gasteiger partial charge on any atom is -0.378 e. The molecule has 2 heteroatoms. The van der Waals surface area contributed by atoms with Gasteiger partial charge in [-0.2, -0.15) is 0 Å². The van der Waals surface area contributed by atoms with Crippen LogP contribution in [0.3, 0.4) is 0 Å². The molecular weight excluding hydrogens is 246 g/mol. The van der Waals surface area contributed by atoms with Crippen LogP contribution in [0.5, 0.6) is 0 Å². The summed E-state index contributed by atoms with van der Waals surface area (Å²) >= 11 is 0. The number of hydrogen-bond acceptors (Lipinski definition) is 2. The van der Waals surface area contributed by atoms with E-state index < -0.39 is 0 Å². The van der Waals surface area contributed by atoms with E-state index in [-0.39, 0.29) is 0 Å². The molecule has 1 aromatic carbocycles. The highest BCUT2D eigenvalue weighted by molar-refractivity contribution is 5.27. The Kier molecular flexibility index (Phi) is 4.42. The quantitative estimate of drug-likeness (QED) is 0.855. The van der Waals surface area contributed by atoms with Crippen LogP contribution in [-0.2, 0) is 4.74 Å². The standard InChI is InChI=1S/C18H27NO/c1-3-10-19-18(15-9-11-20-13(15)2)17-12-16(17)14-7-5-4-6-8-14/h4-8,13,15-19H,3,9-12H2,1-2H3. The second kappa shape index (κ2) is 6.28. The Hall–Kier alpha value is -0.860. The number of nitrogens with one attached hydrogen (secondary N) is 1. The van der Waals surface area contributed by atoms with Gasteiger partial charge in [0.2, 0.25) is 0 Å². The maximum Gasteiger partial charge on any atom is 0.0590 e. The van der Waals surface area contributed by atoms with E-state index in [2.05, 4.69) is 49.5 Å². The molecule has 1 N–H and O–H groups in total. The molecule has 1 saturated carbocycles. The molecule has 2 aliphatic rings. The molecule has 2 nitrogen and oxygen atoms in total. The average molecular weight is 273 g/mol. The van der Waals surface area contributed by atoms with Gasteiger partial charge < -0.3 is 10.1 Å². The highest BCUT2D eigenvalue weighted by Gasteiger charge is 2.48. The van der Waals surface area contributed by atoms with Gasteiger partial charge in [-0.3, -0.25) is 0 Å². The van der Waals surface area contributed by atoms with Gasteiger partial charge in [-0.1, -0.05) is 37.3 Å². The Balaban J connectivity index is 1.68. The molecule has 0 aromatic heterocycles. The van der Waals surface area contributed by atoms with E-state index >= 15 is 0 Å². The highest BCUT2D eigenvalue weighted by Crippen LogP contribution is 2.52. The Labute approximate surface area is 122 Å². The molecule has 0 radical (unpaired) electrons. The smallest absolute Gasteiger partial charge is 0.0590 e. The van der Waals surface area contributed by atoms with E-state index in [0.29, 0.717) is 18.1 Å². The van der Waals surface area contributed by atoms with Gasteiger partial charge in [-0.05, 0) is 50.1 Å². The van der Waals surface area contributed by atoms with Crippen LogP contribution in [0.1, 0.15) is 44.6 Å². The van der Waals surface area contributed by atoms with Gasteiger partial charge in [0.05, 0.1) is 6.10 Å². The van der Waals surface area contributed by atoms with E-state index in [1.54, 1.807) is 0 Å². The lowest BCUT2D eigenvalue weighted by Crippen LogP contribution is -2.41. The van der Waals surface area contributed by atoms with E-state index in [1.165, 1.54) is 24.8 Å². The number of rotatable bonds is 6. The van der Waals surface area contributed by atoms with E-state index in [9.17, 15) is 0 Å². The minimum absolute atomic E-state index is 0.418. The minimum atomic E-state index is 0.418. The second-order valence-electron chi connectivity index (χ2n) is 6.43. The topological polar surface area (TPSA) is 21.3 Å². The Morgan fingerprint density at radius 3 is 2.70 bits per heavy atom. The molecule has 1 heterocycles. The molecule has 20 heavy (non-hydrogen) atoms. The summed E-state index contributed by atoms with van der Waals surface area (Å²) in [6, 6.07) is 11.7. The molecule has 5 atom stereocenters. The number of hydrogen-bond donors (Lipinski definition) is 1. The number of ether oxygens (including phenoxy) is 1. The van der Waals surface area contributed by atoms with Gasteiger partial charge in [0.25, 0.3) is 0 Å². The SMILES string of the molecule is CCCNC(C1CCOC1C)C1CC1c1ccccc1. The molecule has 1 saturated heterocycles. The summed E-state index contributed by atoms with van der Waals surface area (Å²) in [5.74, 6) is 2.26. The molecule has 2 fully saturated rings. The van der Waals surface area contributed by atoms with Crippen LogP contribution in [0.2, 0.25) is 0 Å². The van der Waals surface area contributed by atoms with Crippen molar-refractivity contribution in [3.63, 3.8) is 0 Å². The summed E-state index contributed by atoms with van der Waals surface area (Å²) in [4.78, 5) is 0. The average Bonchev–Trinajstić information content (AvgIpc) is 3.16. The summed E-state index contributed by atoms with van der Waals surface area (Å²) in [6.07, 6.45) is 4.19. The summed E-state index contributed by atoms with van der Waals surface area (Å²) in [5, 5.41) is 3.82. The normalized spacial score (nSPS) is 34.1. The second-order valence-corrected chi connectivity index (χ2v) is 6.43. The van der Waals surface area contributed by atoms with Crippen molar-refractivity contribution in [1.29, 1.82) is 0 Å². The zero-order valence-corrected chi connectivity index (χ0v) is 12.7. The molecule has 1 aliphatic heterocycles. The van der Waals surface area contributed by atoms with Crippen molar-refractivity contribution in [3.8, 4) is 0 Å². The third-order valence-corrected chi connectivity index (χ3v) is 5.05. The zero-order valence-electron chi connectivity index (χ0n) is 12.7. The van der Waals surface area contributed by atoms with Crippen molar-refractivity contribution >= 4 is 0 Å². The molecule has 110 valence electrons. The molecular formula is C18H27NO. The lowest BCUT2D eigenvalue weighted by Gasteiger charge is -2.27. The molecule has 0 bridgehead atoms. The van der Waals surface area contributed by atoms with Crippen molar-refractivity contribution in [3.05, 3.63) is 35.9 Å². The van der Waals surface area contributed by atoms with Crippen LogP contribution in [0.4, 0.5) is 0 Å². The van der Waals surface area contributed by atoms with Gasteiger partial charge in [-0.15, -0.1) is 0 Å². The molecule has 5 unspecified atom stereocenters. The first-order chi connectivity index (χ1) is 9.81. The molecule has 1 aliphatic carbocycles. The summed E-state index contributed by atoms with van der Waals surface area (Å²) in [5.41, 5.74) is 1.52. The van der Waals surface area contributed by atoms with Gasteiger partial charge in [0.15, 0.2) is 0 Å². The first-order valence-corrected chi connectivity index (χ1v) is 8.21. The van der Waals surface area contributed by atoms with Gasteiger partial charge >= 0.3 is 0 Å². The largest absolute Gasteiger partial charge is 0.378 e. The Bertz CT molecular complexity index is 419. The third-order valence-electron chi connectivity index (χ3n) is 5.05. The van der Waals surface area contributed by atoms with Crippen LogP contribution < -0.4 is 5.32 Å². The number of benzene rings is 1. The van der Waals surface area contributed by atoms with Gasteiger partial charge in [0, 0.05) is 18.6 Å². The van der Waals surface area contributed by atoms with Crippen molar-refractivity contribution in [2.24, 2.45) is 11.8 Å². The lowest BCUT2D eigenvalue weighted by molar-refractivity contribution is 0.0923. The monoisotopic (exact) mass is 273 g/mol. The molecule has 3 rings (SSSR count). The van der Waals surface area contributed by atoms with Crippen LogP contribution >= 0.6 is 0 Å². The van der Waals surface area contributed by atoms with Crippen molar-refractivity contribution < 1.29 is 4.74 Å². The maximum absolute atomic E-state index is 5.81. The van der Waals surface area contributed by atoms with E-state index in [1.807, 2.05) is 0 Å². The van der Waals surface area contributed by atoms with Crippen molar-refractivity contribution in [2.45, 2.75) is 51.2 Å². The first-order valence-electron chi connectivity index (χ1n) is 8.21.